The molecule has 1 unspecified atom stereocenters. The maximum Gasteiger partial charge on any atom is 0.229 e. The normalized spacial score (nSPS) is 18.4. The molecule has 0 bridgehead atoms. The molecule has 8 nitrogen and oxygen atoms in total. The minimum absolute atomic E-state index is 0.0112. The van der Waals surface area contributed by atoms with Crippen LogP contribution in [0, 0.1) is 5.92 Å². The molecule has 2 fully saturated rings. The summed E-state index contributed by atoms with van der Waals surface area (Å²) in [5.41, 5.74) is 2.82. The lowest BCUT2D eigenvalue weighted by molar-refractivity contribution is -0.128. The monoisotopic (exact) mass is 453 g/mol. The van der Waals surface area contributed by atoms with Crippen LogP contribution in [0.3, 0.4) is 0 Å². The van der Waals surface area contributed by atoms with Gasteiger partial charge in [-0.3, -0.25) is 9.59 Å². The third-order valence-corrected chi connectivity index (χ3v) is 6.22. The molecule has 8 heteroatoms. The van der Waals surface area contributed by atoms with Gasteiger partial charge in [0.15, 0.2) is 11.5 Å². The minimum Gasteiger partial charge on any atom is -0.493 e. The SMILES string of the molecule is COc1ccc(CCN2CC(C(=O)Nc3ccccc3N3CCOCC3)CC2=O)cc1OC. The molecule has 176 valence electrons. The standard InChI is InChI=1S/C25H31N3O5/c1-31-22-8-7-18(15-23(22)32-2)9-10-28-17-19(16-24(28)29)25(30)26-20-5-3-4-6-21(20)27-11-13-33-14-12-27/h3-8,15,19H,9-14,16-17H2,1-2H3,(H,26,30). The maximum absolute atomic E-state index is 13.0. The molecule has 0 aliphatic carbocycles. The summed E-state index contributed by atoms with van der Waals surface area (Å²) in [5, 5.41) is 3.06. The highest BCUT2D eigenvalue weighted by Gasteiger charge is 2.34. The van der Waals surface area contributed by atoms with Crippen molar-refractivity contribution < 1.29 is 23.8 Å². The number of hydrogen-bond acceptors (Lipinski definition) is 6. The molecule has 0 aromatic heterocycles. The molecule has 4 rings (SSSR count). The summed E-state index contributed by atoms with van der Waals surface area (Å²) in [5.74, 6) is 0.877. The van der Waals surface area contributed by atoms with E-state index in [-0.39, 0.29) is 24.2 Å². The van der Waals surface area contributed by atoms with Crippen LogP contribution in [-0.4, -0.2) is 70.3 Å². The van der Waals surface area contributed by atoms with E-state index in [1.54, 1.807) is 19.1 Å². The zero-order valence-electron chi connectivity index (χ0n) is 19.2. The van der Waals surface area contributed by atoms with Gasteiger partial charge in [0.05, 0.1) is 44.7 Å². The number of nitrogens with zero attached hydrogens (tertiary/aromatic N) is 2. The van der Waals surface area contributed by atoms with Gasteiger partial charge in [0.1, 0.15) is 0 Å². The fourth-order valence-corrected chi connectivity index (χ4v) is 4.36. The number of benzene rings is 2. The van der Waals surface area contributed by atoms with Gasteiger partial charge in [0.2, 0.25) is 11.8 Å². The summed E-state index contributed by atoms with van der Waals surface area (Å²) in [6.07, 6.45) is 0.914. The summed E-state index contributed by atoms with van der Waals surface area (Å²) in [6, 6.07) is 13.6. The second-order valence-electron chi connectivity index (χ2n) is 8.29. The van der Waals surface area contributed by atoms with Crippen LogP contribution >= 0.6 is 0 Å². The highest BCUT2D eigenvalue weighted by molar-refractivity contribution is 5.99. The van der Waals surface area contributed by atoms with Crippen molar-refractivity contribution in [1.29, 1.82) is 0 Å². The number of para-hydroxylation sites is 2. The van der Waals surface area contributed by atoms with E-state index in [0.29, 0.717) is 44.2 Å². The van der Waals surface area contributed by atoms with E-state index in [9.17, 15) is 9.59 Å². The first-order chi connectivity index (χ1) is 16.1. The fraction of sp³-hybridized carbons (Fsp3) is 0.440. The predicted octanol–water partition coefficient (Wildman–Crippen LogP) is 2.57. The third kappa shape index (κ3) is 5.39. The second-order valence-corrected chi connectivity index (χ2v) is 8.29. The van der Waals surface area contributed by atoms with Gasteiger partial charge in [-0.1, -0.05) is 18.2 Å². The molecule has 2 amide bonds. The zero-order chi connectivity index (χ0) is 23.2. The predicted molar refractivity (Wildman–Crippen MR) is 126 cm³/mol. The van der Waals surface area contributed by atoms with Crippen LogP contribution in [0.15, 0.2) is 42.5 Å². The topological polar surface area (TPSA) is 80.3 Å². The van der Waals surface area contributed by atoms with Crippen molar-refractivity contribution in [2.45, 2.75) is 12.8 Å². The minimum atomic E-state index is -0.361. The molecule has 2 aliphatic heterocycles. The molecule has 33 heavy (non-hydrogen) atoms. The van der Waals surface area contributed by atoms with Crippen molar-refractivity contribution in [3.8, 4) is 11.5 Å². The molecule has 1 N–H and O–H groups in total. The van der Waals surface area contributed by atoms with E-state index in [2.05, 4.69) is 10.2 Å². The Morgan fingerprint density at radius 3 is 2.61 bits per heavy atom. The highest BCUT2D eigenvalue weighted by Crippen LogP contribution is 2.29. The average Bonchev–Trinajstić information content (AvgIpc) is 3.24. The summed E-state index contributed by atoms with van der Waals surface area (Å²) in [4.78, 5) is 29.6. The quantitative estimate of drug-likeness (QED) is 0.662. The summed E-state index contributed by atoms with van der Waals surface area (Å²) >= 11 is 0. The Hall–Kier alpha value is -3.26. The third-order valence-electron chi connectivity index (χ3n) is 6.22. The van der Waals surface area contributed by atoms with E-state index in [4.69, 9.17) is 14.2 Å². The molecular weight excluding hydrogens is 422 g/mol. The van der Waals surface area contributed by atoms with E-state index < -0.39 is 0 Å². The Kier molecular flexibility index (Phi) is 7.34. The fourth-order valence-electron chi connectivity index (χ4n) is 4.36. The number of carbonyl (C=O) groups excluding carboxylic acids is 2. The van der Waals surface area contributed by atoms with Crippen LogP contribution in [0.5, 0.6) is 11.5 Å². The molecule has 2 heterocycles. The Bertz CT molecular complexity index is 990. The Balaban J connectivity index is 1.35. The number of carbonyl (C=O) groups is 2. The lowest BCUT2D eigenvalue weighted by Crippen LogP contribution is -2.37. The largest absolute Gasteiger partial charge is 0.493 e. The average molecular weight is 454 g/mol. The van der Waals surface area contributed by atoms with Crippen molar-refractivity contribution in [1.82, 2.24) is 4.90 Å². The number of morpholine rings is 1. The highest BCUT2D eigenvalue weighted by atomic mass is 16.5. The van der Waals surface area contributed by atoms with Crippen molar-refractivity contribution >= 4 is 23.2 Å². The molecule has 0 radical (unpaired) electrons. The smallest absolute Gasteiger partial charge is 0.229 e. The van der Waals surface area contributed by atoms with Crippen LogP contribution in [0.1, 0.15) is 12.0 Å². The molecule has 0 spiro atoms. The van der Waals surface area contributed by atoms with Gasteiger partial charge in [-0.05, 0) is 36.2 Å². The summed E-state index contributed by atoms with van der Waals surface area (Å²) < 4.78 is 16.1. The number of anilines is 2. The molecule has 2 aromatic carbocycles. The van der Waals surface area contributed by atoms with Gasteiger partial charge in [0.25, 0.3) is 0 Å². The Labute approximate surface area is 194 Å². The summed E-state index contributed by atoms with van der Waals surface area (Å²) in [6.45, 7) is 3.92. The van der Waals surface area contributed by atoms with Gasteiger partial charge in [0, 0.05) is 32.6 Å². The number of hydrogen-bond donors (Lipinski definition) is 1. The van der Waals surface area contributed by atoms with Gasteiger partial charge >= 0.3 is 0 Å². The first-order valence-corrected chi connectivity index (χ1v) is 11.3. The van der Waals surface area contributed by atoms with Gasteiger partial charge in [-0.25, -0.2) is 0 Å². The first kappa shape index (κ1) is 22.9. The Morgan fingerprint density at radius 2 is 1.85 bits per heavy atom. The van der Waals surface area contributed by atoms with Crippen LogP contribution in [0.25, 0.3) is 0 Å². The second kappa shape index (κ2) is 10.6. The number of rotatable bonds is 8. The number of amides is 2. The molecule has 2 aliphatic rings. The van der Waals surface area contributed by atoms with Crippen molar-refractivity contribution in [2.75, 3.05) is 63.8 Å². The first-order valence-electron chi connectivity index (χ1n) is 11.3. The molecular formula is C25H31N3O5. The number of methoxy groups -OCH3 is 2. The Morgan fingerprint density at radius 1 is 1.09 bits per heavy atom. The number of likely N-dealkylation sites (tertiary alicyclic amines) is 1. The molecule has 2 saturated heterocycles. The van der Waals surface area contributed by atoms with Crippen LogP contribution in [-0.2, 0) is 20.7 Å². The van der Waals surface area contributed by atoms with E-state index in [1.165, 1.54) is 0 Å². The zero-order valence-corrected chi connectivity index (χ0v) is 19.2. The number of ether oxygens (including phenoxy) is 3. The molecule has 2 aromatic rings. The van der Waals surface area contributed by atoms with Crippen molar-refractivity contribution in [2.24, 2.45) is 5.92 Å². The van der Waals surface area contributed by atoms with Crippen molar-refractivity contribution in [3.63, 3.8) is 0 Å². The lowest BCUT2D eigenvalue weighted by Gasteiger charge is -2.30. The van der Waals surface area contributed by atoms with Gasteiger partial charge in [-0.2, -0.15) is 0 Å². The maximum atomic E-state index is 13.0. The lowest BCUT2D eigenvalue weighted by atomic mass is 10.1. The van der Waals surface area contributed by atoms with Crippen molar-refractivity contribution in [3.05, 3.63) is 48.0 Å². The number of nitrogens with one attached hydrogen (secondary N) is 1. The van der Waals surface area contributed by atoms with E-state index in [0.717, 1.165) is 30.0 Å². The molecule has 1 atom stereocenters. The van der Waals surface area contributed by atoms with Crippen LogP contribution in [0.2, 0.25) is 0 Å². The van der Waals surface area contributed by atoms with Gasteiger partial charge in [-0.15, -0.1) is 0 Å². The van der Waals surface area contributed by atoms with Gasteiger partial charge < -0.3 is 29.3 Å². The van der Waals surface area contributed by atoms with E-state index in [1.807, 2.05) is 42.5 Å². The van der Waals surface area contributed by atoms with E-state index >= 15 is 0 Å². The summed E-state index contributed by atoms with van der Waals surface area (Å²) in [7, 11) is 3.21. The van der Waals surface area contributed by atoms with Crippen LogP contribution in [0.4, 0.5) is 11.4 Å². The molecule has 0 saturated carbocycles. The van der Waals surface area contributed by atoms with Crippen LogP contribution < -0.4 is 19.7 Å².